The third kappa shape index (κ3) is 2.83. The van der Waals surface area contributed by atoms with Crippen LogP contribution in [0.5, 0.6) is 0 Å². The Kier molecular flexibility index (Phi) is 3.37. The molecule has 104 valence electrons. The zero-order chi connectivity index (χ0) is 13.5. The molecule has 1 saturated carbocycles. The highest BCUT2D eigenvalue weighted by Crippen LogP contribution is 2.50. The van der Waals surface area contributed by atoms with Gasteiger partial charge in [0.25, 0.3) is 0 Å². The number of nitrogens with two attached hydrogens (primary N) is 1. The molecule has 1 aliphatic heterocycles. The van der Waals surface area contributed by atoms with Crippen molar-refractivity contribution in [3.8, 4) is 0 Å². The van der Waals surface area contributed by atoms with Gasteiger partial charge >= 0.3 is 0 Å². The van der Waals surface area contributed by atoms with Crippen LogP contribution in [0.1, 0.15) is 30.7 Å². The minimum Gasteiger partial charge on any atom is -0.312 e. The van der Waals surface area contributed by atoms with Gasteiger partial charge in [0, 0.05) is 12.6 Å². The zero-order valence-electron chi connectivity index (χ0n) is 10.8. The van der Waals surface area contributed by atoms with Crippen molar-refractivity contribution in [2.24, 2.45) is 11.1 Å². The van der Waals surface area contributed by atoms with Crippen LogP contribution >= 0.6 is 0 Å². The van der Waals surface area contributed by atoms with Crippen LogP contribution in [-0.4, -0.2) is 26.3 Å². The first-order valence-corrected chi connectivity index (χ1v) is 8.46. The monoisotopic (exact) mass is 280 g/mol. The number of rotatable bonds is 3. The Morgan fingerprint density at radius 1 is 1.16 bits per heavy atom. The van der Waals surface area contributed by atoms with Crippen LogP contribution in [0.15, 0.2) is 30.3 Å². The van der Waals surface area contributed by atoms with Gasteiger partial charge in [-0.15, -0.1) is 0 Å². The van der Waals surface area contributed by atoms with Gasteiger partial charge in [-0.2, -0.15) is 0 Å². The van der Waals surface area contributed by atoms with Crippen LogP contribution in [0.4, 0.5) is 0 Å². The minimum atomic E-state index is -3.38. The van der Waals surface area contributed by atoms with Crippen LogP contribution in [0.3, 0.4) is 0 Å². The summed E-state index contributed by atoms with van der Waals surface area (Å²) in [6, 6.07) is 11.0. The molecule has 0 bridgehead atoms. The predicted molar refractivity (Wildman–Crippen MR) is 75.2 cm³/mol. The molecule has 0 radical (unpaired) electrons. The maximum Gasteiger partial charge on any atom is 0.213 e. The maximum atomic E-state index is 11.3. The van der Waals surface area contributed by atoms with E-state index in [4.69, 9.17) is 5.14 Å². The van der Waals surface area contributed by atoms with Crippen LogP contribution < -0.4 is 10.5 Å². The normalized spacial score (nSPS) is 35.0. The summed E-state index contributed by atoms with van der Waals surface area (Å²) >= 11 is 0. The van der Waals surface area contributed by atoms with Gasteiger partial charge < -0.3 is 5.32 Å². The largest absolute Gasteiger partial charge is 0.312 e. The van der Waals surface area contributed by atoms with Crippen LogP contribution in [-0.2, 0) is 10.0 Å². The molecule has 1 heterocycles. The van der Waals surface area contributed by atoms with E-state index in [9.17, 15) is 8.42 Å². The molecule has 19 heavy (non-hydrogen) atoms. The molecule has 1 aromatic rings. The number of sulfonamides is 1. The molecule has 4 atom stereocenters. The fraction of sp³-hybridized carbons (Fsp3) is 0.571. The molecule has 0 spiro atoms. The lowest BCUT2D eigenvalue weighted by Crippen LogP contribution is -2.47. The number of hydrogen-bond acceptors (Lipinski definition) is 3. The van der Waals surface area contributed by atoms with Crippen molar-refractivity contribution < 1.29 is 8.42 Å². The number of piperidine rings is 1. The van der Waals surface area contributed by atoms with Crippen molar-refractivity contribution in [3.05, 3.63) is 35.9 Å². The molecule has 2 aliphatic rings. The molecule has 4 nitrogen and oxygen atoms in total. The third-order valence-electron chi connectivity index (χ3n) is 4.46. The lowest BCUT2D eigenvalue weighted by atomic mass is 9.97. The standard InChI is InChI=1S/C14H20N2O2S/c15-19(17,18)11-6-7-14(16-9-11)13-8-12(13)10-4-2-1-3-5-10/h1-5,11-14,16H,6-9H2,(H2,15,17,18). The Morgan fingerprint density at radius 3 is 2.47 bits per heavy atom. The van der Waals surface area contributed by atoms with Gasteiger partial charge in [0.05, 0.1) is 5.25 Å². The Balaban J connectivity index is 1.57. The van der Waals surface area contributed by atoms with Crippen LogP contribution in [0.25, 0.3) is 0 Å². The SMILES string of the molecule is NS(=O)(=O)C1CCC(C2CC2c2ccccc2)NC1. The summed E-state index contributed by atoms with van der Waals surface area (Å²) in [5.74, 6) is 1.30. The lowest BCUT2D eigenvalue weighted by molar-refractivity contribution is 0.362. The fourth-order valence-electron chi connectivity index (χ4n) is 3.24. The first kappa shape index (κ1) is 13.1. The van der Waals surface area contributed by atoms with Gasteiger partial charge in [-0.25, -0.2) is 13.6 Å². The summed E-state index contributed by atoms with van der Waals surface area (Å²) in [6.07, 6.45) is 2.81. The second-order valence-electron chi connectivity index (χ2n) is 5.72. The van der Waals surface area contributed by atoms with Crippen molar-refractivity contribution in [2.45, 2.75) is 36.5 Å². The average Bonchev–Trinajstić information content (AvgIpc) is 3.19. The van der Waals surface area contributed by atoms with E-state index in [0.29, 0.717) is 30.8 Å². The Morgan fingerprint density at radius 2 is 1.89 bits per heavy atom. The minimum absolute atomic E-state index is 0.405. The zero-order valence-corrected chi connectivity index (χ0v) is 11.6. The van der Waals surface area contributed by atoms with E-state index in [2.05, 4.69) is 29.6 Å². The van der Waals surface area contributed by atoms with Gasteiger partial charge in [-0.3, -0.25) is 0 Å². The molecule has 5 heteroatoms. The quantitative estimate of drug-likeness (QED) is 0.874. The van der Waals surface area contributed by atoms with Gasteiger partial charge in [-0.05, 0) is 36.7 Å². The Bertz CT molecular complexity index is 536. The average molecular weight is 280 g/mol. The summed E-state index contributed by atoms with van der Waals surface area (Å²) in [6.45, 7) is 0.501. The van der Waals surface area contributed by atoms with Gasteiger partial charge in [-0.1, -0.05) is 30.3 Å². The second-order valence-corrected chi connectivity index (χ2v) is 7.56. The van der Waals surface area contributed by atoms with E-state index < -0.39 is 15.3 Å². The third-order valence-corrected chi connectivity index (χ3v) is 5.79. The summed E-state index contributed by atoms with van der Waals surface area (Å²) < 4.78 is 22.6. The summed E-state index contributed by atoms with van der Waals surface area (Å²) in [7, 11) is -3.38. The number of primary sulfonamides is 1. The molecule has 3 rings (SSSR count). The molecular formula is C14H20N2O2S. The number of hydrogen-bond donors (Lipinski definition) is 2. The topological polar surface area (TPSA) is 72.2 Å². The Labute approximate surface area is 114 Å². The number of nitrogens with one attached hydrogen (secondary N) is 1. The van der Waals surface area contributed by atoms with Crippen molar-refractivity contribution >= 4 is 10.0 Å². The van der Waals surface area contributed by atoms with E-state index in [1.165, 1.54) is 12.0 Å². The van der Waals surface area contributed by atoms with E-state index in [1.807, 2.05) is 6.07 Å². The summed E-state index contributed by atoms with van der Waals surface area (Å²) in [5, 5.41) is 8.17. The highest BCUT2D eigenvalue weighted by atomic mass is 32.2. The molecular weight excluding hydrogens is 260 g/mol. The first-order valence-electron chi connectivity index (χ1n) is 6.85. The predicted octanol–water partition coefficient (Wildman–Crippen LogP) is 1.20. The van der Waals surface area contributed by atoms with Gasteiger partial charge in [0.1, 0.15) is 0 Å². The molecule has 1 saturated heterocycles. The fourth-order valence-corrected chi connectivity index (χ4v) is 4.03. The highest BCUT2D eigenvalue weighted by molar-refractivity contribution is 7.89. The van der Waals surface area contributed by atoms with E-state index in [0.717, 1.165) is 6.42 Å². The van der Waals surface area contributed by atoms with Crippen molar-refractivity contribution in [3.63, 3.8) is 0 Å². The van der Waals surface area contributed by atoms with Crippen LogP contribution in [0, 0.1) is 5.92 Å². The maximum absolute atomic E-state index is 11.3. The molecule has 3 N–H and O–H groups in total. The molecule has 2 fully saturated rings. The van der Waals surface area contributed by atoms with Crippen LogP contribution in [0.2, 0.25) is 0 Å². The van der Waals surface area contributed by atoms with Gasteiger partial charge in [0.15, 0.2) is 0 Å². The van der Waals surface area contributed by atoms with E-state index >= 15 is 0 Å². The van der Waals surface area contributed by atoms with Crippen molar-refractivity contribution in [2.75, 3.05) is 6.54 Å². The number of benzene rings is 1. The summed E-state index contributed by atoms with van der Waals surface area (Å²) in [4.78, 5) is 0. The van der Waals surface area contributed by atoms with E-state index in [1.54, 1.807) is 0 Å². The first-order chi connectivity index (χ1) is 9.05. The second kappa shape index (κ2) is 4.89. The summed E-state index contributed by atoms with van der Waals surface area (Å²) in [5.41, 5.74) is 1.41. The van der Waals surface area contributed by atoms with Crippen molar-refractivity contribution in [1.82, 2.24) is 5.32 Å². The molecule has 0 amide bonds. The highest BCUT2D eigenvalue weighted by Gasteiger charge is 2.45. The lowest BCUT2D eigenvalue weighted by Gasteiger charge is -2.29. The van der Waals surface area contributed by atoms with E-state index in [-0.39, 0.29) is 0 Å². The Hall–Kier alpha value is -0.910. The van der Waals surface area contributed by atoms with Gasteiger partial charge in [0.2, 0.25) is 10.0 Å². The molecule has 4 unspecified atom stereocenters. The smallest absolute Gasteiger partial charge is 0.213 e. The van der Waals surface area contributed by atoms with Crippen molar-refractivity contribution in [1.29, 1.82) is 0 Å². The molecule has 1 aromatic carbocycles. The molecule has 1 aliphatic carbocycles. The molecule has 0 aromatic heterocycles.